The number of anilines is 3. The van der Waals surface area contributed by atoms with Gasteiger partial charge in [-0.15, -0.1) is 0 Å². The summed E-state index contributed by atoms with van der Waals surface area (Å²) in [5, 5.41) is 7.18. The molecule has 5 heteroatoms. The van der Waals surface area contributed by atoms with Crippen LogP contribution in [0.5, 0.6) is 0 Å². The van der Waals surface area contributed by atoms with Crippen LogP contribution in [0.1, 0.15) is 12.0 Å². The molecule has 0 aliphatic heterocycles. The smallest absolute Gasteiger partial charge is 0.224 e. The zero-order valence-electron chi connectivity index (χ0n) is 13.2. The number of hydrogen-bond donors (Lipinski definition) is 2. The third-order valence-electron chi connectivity index (χ3n) is 3.52. The van der Waals surface area contributed by atoms with Gasteiger partial charge in [0, 0.05) is 23.5 Å². The average molecular weight is 339 g/mol. The first-order valence-corrected chi connectivity index (χ1v) is 8.31. The van der Waals surface area contributed by atoms with Gasteiger partial charge in [0.15, 0.2) is 0 Å². The van der Waals surface area contributed by atoms with E-state index in [2.05, 4.69) is 44.9 Å². The summed E-state index contributed by atoms with van der Waals surface area (Å²) < 4.78 is 0. The molecule has 0 amide bonds. The van der Waals surface area contributed by atoms with Crippen molar-refractivity contribution in [1.29, 1.82) is 0 Å². The minimum absolute atomic E-state index is 0.620. The van der Waals surface area contributed by atoms with Crippen LogP contribution in [0.25, 0.3) is 0 Å². The van der Waals surface area contributed by atoms with Gasteiger partial charge in [0.05, 0.1) is 0 Å². The number of halogens is 1. The summed E-state index contributed by atoms with van der Waals surface area (Å²) in [4.78, 5) is 8.72. The Morgan fingerprint density at radius 2 is 1.83 bits per heavy atom. The van der Waals surface area contributed by atoms with Crippen molar-refractivity contribution in [3.05, 3.63) is 77.4 Å². The second-order valence-electron chi connectivity index (χ2n) is 5.42. The summed E-state index contributed by atoms with van der Waals surface area (Å²) in [5.74, 6) is 1.35. The van der Waals surface area contributed by atoms with Gasteiger partial charge in [-0.05, 0) is 42.7 Å². The minimum atomic E-state index is 0.620. The Bertz CT molecular complexity index is 777. The van der Waals surface area contributed by atoms with Gasteiger partial charge in [0.1, 0.15) is 5.82 Å². The zero-order valence-corrected chi connectivity index (χ0v) is 14.0. The first-order valence-electron chi connectivity index (χ1n) is 7.93. The van der Waals surface area contributed by atoms with Gasteiger partial charge in [0.25, 0.3) is 0 Å². The van der Waals surface area contributed by atoms with E-state index in [1.807, 2.05) is 36.4 Å². The Kier molecular flexibility index (Phi) is 5.64. The Balaban J connectivity index is 1.51. The highest BCUT2D eigenvalue weighted by Crippen LogP contribution is 2.19. The molecule has 0 radical (unpaired) electrons. The van der Waals surface area contributed by atoms with E-state index >= 15 is 0 Å². The van der Waals surface area contributed by atoms with Crippen LogP contribution in [0.2, 0.25) is 5.02 Å². The molecule has 2 aromatic carbocycles. The minimum Gasteiger partial charge on any atom is -0.354 e. The van der Waals surface area contributed by atoms with Gasteiger partial charge >= 0.3 is 0 Å². The quantitative estimate of drug-likeness (QED) is 0.600. The third kappa shape index (κ3) is 4.96. The second kappa shape index (κ2) is 8.31. The van der Waals surface area contributed by atoms with Crippen LogP contribution in [-0.2, 0) is 6.42 Å². The van der Waals surface area contributed by atoms with Gasteiger partial charge in [-0.25, -0.2) is 4.98 Å². The van der Waals surface area contributed by atoms with E-state index in [9.17, 15) is 0 Å². The topological polar surface area (TPSA) is 49.8 Å². The lowest BCUT2D eigenvalue weighted by atomic mass is 10.1. The fourth-order valence-electron chi connectivity index (χ4n) is 2.36. The molecule has 0 fully saturated rings. The molecule has 0 aliphatic carbocycles. The van der Waals surface area contributed by atoms with E-state index in [4.69, 9.17) is 11.6 Å². The standard InChI is InChI=1S/C19H19ClN4/c20-16-9-4-10-17(14-16)23-18-11-13-22-19(24-18)21-12-5-8-15-6-2-1-3-7-15/h1-4,6-7,9-11,13-14H,5,8,12H2,(H2,21,22,23,24). The van der Waals surface area contributed by atoms with E-state index in [0.717, 1.165) is 30.9 Å². The van der Waals surface area contributed by atoms with E-state index < -0.39 is 0 Å². The maximum Gasteiger partial charge on any atom is 0.224 e. The highest BCUT2D eigenvalue weighted by molar-refractivity contribution is 6.30. The van der Waals surface area contributed by atoms with E-state index in [-0.39, 0.29) is 0 Å². The molecule has 1 aromatic heterocycles. The van der Waals surface area contributed by atoms with Crippen molar-refractivity contribution in [2.45, 2.75) is 12.8 Å². The van der Waals surface area contributed by atoms with Crippen LogP contribution in [0.3, 0.4) is 0 Å². The predicted octanol–water partition coefficient (Wildman–Crippen LogP) is 4.92. The van der Waals surface area contributed by atoms with Crippen LogP contribution >= 0.6 is 11.6 Å². The molecular weight excluding hydrogens is 320 g/mol. The fourth-order valence-corrected chi connectivity index (χ4v) is 2.56. The number of benzene rings is 2. The monoisotopic (exact) mass is 338 g/mol. The number of nitrogens with one attached hydrogen (secondary N) is 2. The summed E-state index contributed by atoms with van der Waals surface area (Å²) in [6.07, 6.45) is 3.80. The van der Waals surface area contributed by atoms with Gasteiger partial charge in [-0.2, -0.15) is 4.98 Å². The first kappa shape index (κ1) is 16.3. The predicted molar refractivity (Wildman–Crippen MR) is 100 cm³/mol. The lowest BCUT2D eigenvalue weighted by molar-refractivity contribution is 0.853. The van der Waals surface area contributed by atoms with Crippen LogP contribution < -0.4 is 10.6 Å². The zero-order chi connectivity index (χ0) is 16.6. The molecule has 0 saturated carbocycles. The Hall–Kier alpha value is -2.59. The van der Waals surface area contributed by atoms with Crippen LogP contribution in [-0.4, -0.2) is 16.5 Å². The molecule has 0 bridgehead atoms. The molecule has 3 rings (SSSR count). The molecule has 122 valence electrons. The Morgan fingerprint density at radius 1 is 0.958 bits per heavy atom. The molecule has 1 heterocycles. The largest absolute Gasteiger partial charge is 0.354 e. The summed E-state index contributed by atoms with van der Waals surface area (Å²) in [6.45, 7) is 0.829. The van der Waals surface area contributed by atoms with Crippen molar-refractivity contribution in [3.63, 3.8) is 0 Å². The average Bonchev–Trinajstić information content (AvgIpc) is 2.60. The van der Waals surface area contributed by atoms with Crippen LogP contribution in [0.15, 0.2) is 66.9 Å². The van der Waals surface area contributed by atoms with E-state index in [0.29, 0.717) is 11.0 Å². The summed E-state index contributed by atoms with van der Waals surface area (Å²) in [7, 11) is 0. The number of nitrogens with zero attached hydrogens (tertiary/aromatic N) is 2. The summed E-state index contributed by atoms with van der Waals surface area (Å²) in [5.41, 5.74) is 2.24. The molecule has 0 atom stereocenters. The van der Waals surface area contributed by atoms with Crippen molar-refractivity contribution in [2.75, 3.05) is 17.2 Å². The molecule has 2 N–H and O–H groups in total. The van der Waals surface area contributed by atoms with Crippen molar-refractivity contribution < 1.29 is 0 Å². The van der Waals surface area contributed by atoms with E-state index in [1.165, 1.54) is 5.56 Å². The molecular formula is C19H19ClN4. The number of hydrogen-bond acceptors (Lipinski definition) is 4. The highest BCUT2D eigenvalue weighted by atomic mass is 35.5. The SMILES string of the molecule is Clc1cccc(Nc2ccnc(NCCCc3ccccc3)n2)c1. The van der Waals surface area contributed by atoms with Gasteiger partial charge in [0.2, 0.25) is 5.95 Å². The molecule has 4 nitrogen and oxygen atoms in total. The lowest BCUT2D eigenvalue weighted by Crippen LogP contribution is -2.07. The van der Waals surface area contributed by atoms with E-state index in [1.54, 1.807) is 6.20 Å². The molecule has 0 spiro atoms. The van der Waals surface area contributed by atoms with Crippen LogP contribution in [0.4, 0.5) is 17.5 Å². The summed E-state index contributed by atoms with van der Waals surface area (Å²) >= 11 is 5.99. The number of rotatable bonds is 7. The Labute approximate surface area is 146 Å². The Morgan fingerprint density at radius 3 is 2.67 bits per heavy atom. The normalized spacial score (nSPS) is 10.4. The van der Waals surface area contributed by atoms with Crippen molar-refractivity contribution in [2.24, 2.45) is 0 Å². The lowest BCUT2D eigenvalue weighted by Gasteiger charge is -2.08. The fraction of sp³-hybridized carbons (Fsp3) is 0.158. The molecule has 3 aromatic rings. The van der Waals surface area contributed by atoms with Gasteiger partial charge in [-0.3, -0.25) is 0 Å². The number of aromatic nitrogens is 2. The van der Waals surface area contributed by atoms with Crippen molar-refractivity contribution in [3.8, 4) is 0 Å². The highest BCUT2D eigenvalue weighted by Gasteiger charge is 2.01. The van der Waals surface area contributed by atoms with Gasteiger partial charge in [-0.1, -0.05) is 48.0 Å². The van der Waals surface area contributed by atoms with Gasteiger partial charge < -0.3 is 10.6 Å². The maximum absolute atomic E-state index is 5.99. The molecule has 0 unspecified atom stereocenters. The molecule has 0 aliphatic rings. The maximum atomic E-state index is 5.99. The molecule has 24 heavy (non-hydrogen) atoms. The molecule has 0 saturated heterocycles. The second-order valence-corrected chi connectivity index (χ2v) is 5.85. The van der Waals surface area contributed by atoms with Crippen molar-refractivity contribution in [1.82, 2.24) is 9.97 Å². The van der Waals surface area contributed by atoms with Crippen molar-refractivity contribution >= 4 is 29.1 Å². The third-order valence-corrected chi connectivity index (χ3v) is 3.76. The number of aryl methyl sites for hydroxylation is 1. The first-order chi connectivity index (χ1) is 11.8. The summed E-state index contributed by atoms with van der Waals surface area (Å²) in [6, 6.07) is 19.8. The van der Waals surface area contributed by atoms with Crippen LogP contribution in [0, 0.1) is 0 Å².